The quantitative estimate of drug-likeness (QED) is 0.0966. The van der Waals surface area contributed by atoms with E-state index in [0.29, 0.717) is 42.9 Å². The highest BCUT2D eigenvalue weighted by Crippen LogP contribution is 2.60. The fourth-order valence-electron chi connectivity index (χ4n) is 9.01. The number of nitrogens with one attached hydrogen (secondary N) is 1. The molecule has 1 spiro atoms. The molecule has 1 aromatic heterocycles. The van der Waals surface area contributed by atoms with E-state index in [1.54, 1.807) is 34.9 Å². The molecule has 6 rings (SSSR count). The first-order chi connectivity index (χ1) is 28.0. The van der Waals surface area contributed by atoms with Crippen LogP contribution in [0.1, 0.15) is 58.2 Å². The largest absolute Gasteiger partial charge is 0.497 e. The number of hydrogen-bond donors (Lipinski definition) is 6. The molecule has 0 bridgehead atoms. The molecule has 320 valence electrons. The summed E-state index contributed by atoms with van der Waals surface area (Å²) in [6.45, 7) is 13.6. The number of rotatable bonds is 15. The standard InChI is InChI=1S/C43H59N5O10Si/c1-25(2)9-8-10-26(3)17-21-48-33-16-11-28(44-40(53)38-36(51)35(50)37(52)41(54)57-38)23-32(33)43(42(48)55)27(4)39(59(6,7)31-14-12-30(56-5)13-15-31)34(58-43)18-20-47-24-29(19-22-49)45-46-47/h9,11-17,23-24,27,34-39,41,49-52,54H,8,10,18-22H2,1-7H3,(H,44,53)/b26-17+/t27-,34+,35+,36+,37-,38+,39-,41-,43+/m1/s1. The van der Waals surface area contributed by atoms with Crippen LogP contribution in [-0.2, 0) is 37.6 Å². The number of hydrogen-bond acceptors (Lipinski definition) is 12. The summed E-state index contributed by atoms with van der Waals surface area (Å²) in [4.78, 5) is 30.6. The zero-order valence-electron chi connectivity index (χ0n) is 34.9. The summed E-state index contributed by atoms with van der Waals surface area (Å²) >= 11 is 0. The van der Waals surface area contributed by atoms with Crippen molar-refractivity contribution in [2.24, 2.45) is 5.92 Å². The molecule has 0 unspecified atom stereocenters. The Hall–Kier alpha value is -4.26. The van der Waals surface area contributed by atoms with Crippen LogP contribution >= 0.6 is 0 Å². The topological polar surface area (TPSA) is 209 Å². The molecule has 9 atom stereocenters. The Morgan fingerprint density at radius 1 is 1.03 bits per heavy atom. The van der Waals surface area contributed by atoms with Gasteiger partial charge in [-0.3, -0.25) is 14.3 Å². The summed E-state index contributed by atoms with van der Waals surface area (Å²) in [5.74, 6) is -0.670. The molecule has 3 aliphatic heterocycles. The number of nitrogens with zero attached hydrogens (tertiary/aromatic N) is 4. The highest BCUT2D eigenvalue weighted by Gasteiger charge is 2.66. The van der Waals surface area contributed by atoms with Gasteiger partial charge in [0.15, 0.2) is 18.0 Å². The van der Waals surface area contributed by atoms with Crippen molar-refractivity contribution in [2.45, 2.75) is 121 Å². The number of anilines is 2. The van der Waals surface area contributed by atoms with Crippen molar-refractivity contribution in [3.8, 4) is 5.75 Å². The van der Waals surface area contributed by atoms with E-state index in [9.17, 15) is 30.3 Å². The maximum absolute atomic E-state index is 15.3. The van der Waals surface area contributed by atoms with E-state index in [2.05, 4.69) is 80.7 Å². The van der Waals surface area contributed by atoms with E-state index in [1.807, 2.05) is 18.3 Å². The van der Waals surface area contributed by atoms with Crippen molar-refractivity contribution in [3.63, 3.8) is 0 Å². The lowest BCUT2D eigenvalue weighted by Gasteiger charge is -2.37. The lowest BCUT2D eigenvalue weighted by atomic mass is 9.82. The van der Waals surface area contributed by atoms with Crippen molar-refractivity contribution >= 4 is 36.4 Å². The molecule has 2 amide bonds. The number of allylic oxidation sites excluding steroid dienone is 3. The van der Waals surface area contributed by atoms with Crippen LogP contribution in [-0.4, -0.2) is 117 Å². The number of aliphatic hydroxyl groups excluding tert-OH is 5. The van der Waals surface area contributed by atoms with Gasteiger partial charge in [0.1, 0.15) is 24.1 Å². The van der Waals surface area contributed by atoms with Gasteiger partial charge in [-0.1, -0.05) is 65.8 Å². The fraction of sp³-hybridized carbons (Fsp3) is 0.535. The number of aryl methyl sites for hydroxylation is 1. The van der Waals surface area contributed by atoms with Gasteiger partial charge in [0, 0.05) is 49.5 Å². The molecule has 2 aromatic carbocycles. The first-order valence-electron chi connectivity index (χ1n) is 20.3. The minimum atomic E-state index is -2.50. The summed E-state index contributed by atoms with van der Waals surface area (Å²) in [6, 6.07) is 13.3. The Bertz CT molecular complexity index is 2030. The van der Waals surface area contributed by atoms with Crippen LogP contribution < -0.4 is 20.1 Å². The normalized spacial score (nSPS) is 28.2. The monoisotopic (exact) mass is 833 g/mol. The number of fused-ring (bicyclic) bond motifs is 2. The molecule has 16 heteroatoms. The van der Waals surface area contributed by atoms with Crippen LogP contribution in [0, 0.1) is 5.92 Å². The zero-order valence-corrected chi connectivity index (χ0v) is 35.9. The SMILES string of the molecule is COc1ccc([Si](C)(C)[C@H]2[C@H](CCn3cc(CCO)nn3)O[C@@]3(C(=O)N(C/C=C(\C)CCC=C(C)C)c4ccc(NC(=O)[C@H]5O[C@@H](O)[C@H](O)[C@@H](O)[C@@H]5O)cc43)[C@@H]2C)cc1. The van der Waals surface area contributed by atoms with Crippen LogP contribution in [0.25, 0.3) is 0 Å². The van der Waals surface area contributed by atoms with Crippen molar-refractivity contribution in [1.29, 1.82) is 0 Å². The Morgan fingerprint density at radius 2 is 1.76 bits per heavy atom. The first kappa shape index (κ1) is 44.3. The van der Waals surface area contributed by atoms with Crippen LogP contribution in [0.2, 0.25) is 18.6 Å². The fourth-order valence-corrected chi connectivity index (χ4v) is 13.1. The summed E-state index contributed by atoms with van der Waals surface area (Å²) < 4.78 is 19.7. The number of methoxy groups -OCH3 is 1. The molecule has 0 aliphatic carbocycles. The van der Waals surface area contributed by atoms with Gasteiger partial charge in [-0.05, 0) is 75.9 Å². The zero-order chi connectivity index (χ0) is 42.8. The van der Waals surface area contributed by atoms with Crippen LogP contribution in [0.5, 0.6) is 5.75 Å². The second-order valence-corrected chi connectivity index (χ2v) is 21.5. The molecule has 0 radical (unpaired) electrons. The first-order valence-corrected chi connectivity index (χ1v) is 23.4. The van der Waals surface area contributed by atoms with Crippen molar-refractivity contribution < 1.29 is 49.3 Å². The molecule has 0 saturated carbocycles. The van der Waals surface area contributed by atoms with Crippen molar-refractivity contribution in [2.75, 3.05) is 30.5 Å². The van der Waals surface area contributed by atoms with Gasteiger partial charge < -0.3 is 50.0 Å². The molecule has 2 fully saturated rings. The van der Waals surface area contributed by atoms with Crippen LogP contribution in [0.3, 0.4) is 0 Å². The van der Waals surface area contributed by atoms with Gasteiger partial charge in [0.2, 0.25) is 0 Å². The van der Waals surface area contributed by atoms with Crippen molar-refractivity contribution in [1.82, 2.24) is 15.0 Å². The van der Waals surface area contributed by atoms with Crippen LogP contribution in [0.4, 0.5) is 11.4 Å². The minimum absolute atomic E-state index is 0.0415. The van der Waals surface area contributed by atoms with E-state index >= 15 is 4.79 Å². The third-order valence-corrected chi connectivity index (χ3v) is 16.6. The number of amides is 2. The smallest absolute Gasteiger partial charge is 0.264 e. The van der Waals surface area contributed by atoms with Crippen LogP contribution in [0.15, 0.2) is 72.0 Å². The Labute approximate surface area is 346 Å². The predicted molar refractivity (Wildman–Crippen MR) is 224 cm³/mol. The van der Waals surface area contributed by atoms with Gasteiger partial charge in [-0.25, -0.2) is 0 Å². The number of carbonyl (C=O) groups excluding carboxylic acids is 2. The summed E-state index contributed by atoms with van der Waals surface area (Å²) in [6.07, 6.45) is -0.713. The van der Waals surface area contributed by atoms with E-state index in [1.165, 1.54) is 10.8 Å². The van der Waals surface area contributed by atoms with Gasteiger partial charge in [-0.15, -0.1) is 5.10 Å². The molecule has 3 aromatic rings. The molecular weight excluding hydrogens is 775 g/mol. The summed E-state index contributed by atoms with van der Waals surface area (Å²) in [5, 5.41) is 62.8. The lowest BCUT2D eigenvalue weighted by molar-refractivity contribution is -0.274. The van der Waals surface area contributed by atoms with Gasteiger partial charge >= 0.3 is 0 Å². The molecule has 15 nitrogen and oxygen atoms in total. The van der Waals surface area contributed by atoms with Crippen molar-refractivity contribution in [3.05, 3.63) is 83.2 Å². The maximum Gasteiger partial charge on any atom is 0.264 e. The van der Waals surface area contributed by atoms with E-state index in [0.717, 1.165) is 24.2 Å². The Kier molecular flexibility index (Phi) is 13.6. The van der Waals surface area contributed by atoms with Gasteiger partial charge in [-0.2, -0.15) is 0 Å². The molecule has 2 saturated heterocycles. The van der Waals surface area contributed by atoms with E-state index in [-0.39, 0.29) is 29.7 Å². The summed E-state index contributed by atoms with van der Waals surface area (Å²) in [5.41, 5.74) is 3.03. The average Bonchev–Trinajstić information content (AvgIpc) is 3.85. The third kappa shape index (κ3) is 8.82. The minimum Gasteiger partial charge on any atom is -0.497 e. The second-order valence-electron chi connectivity index (χ2n) is 16.8. The highest BCUT2D eigenvalue weighted by atomic mass is 28.3. The lowest BCUT2D eigenvalue weighted by Crippen LogP contribution is -2.60. The van der Waals surface area contributed by atoms with Gasteiger partial charge in [0.25, 0.3) is 11.8 Å². The molecule has 6 N–H and O–H groups in total. The number of aliphatic hydroxyl groups is 5. The Morgan fingerprint density at radius 3 is 2.44 bits per heavy atom. The summed E-state index contributed by atoms with van der Waals surface area (Å²) in [7, 11) is -0.867. The molecule has 3 aliphatic rings. The maximum atomic E-state index is 15.3. The number of carbonyl (C=O) groups is 2. The van der Waals surface area contributed by atoms with Gasteiger partial charge in [0.05, 0.1) is 32.7 Å². The average molecular weight is 834 g/mol. The number of ether oxygens (including phenoxy) is 3. The Balaban J connectivity index is 1.41. The molecule has 59 heavy (non-hydrogen) atoms. The number of aromatic nitrogens is 3. The number of benzene rings is 2. The van der Waals surface area contributed by atoms with E-state index < -0.39 is 56.4 Å². The molecule has 4 heterocycles. The predicted octanol–water partition coefficient (Wildman–Crippen LogP) is 2.91. The third-order valence-electron chi connectivity index (χ3n) is 12.3. The van der Waals surface area contributed by atoms with E-state index in [4.69, 9.17) is 14.2 Å². The molecular formula is C43H59N5O10Si. The highest BCUT2D eigenvalue weighted by molar-refractivity contribution is 6.91. The second kappa shape index (κ2) is 18.2.